The fourth-order valence-electron chi connectivity index (χ4n) is 4.15. The van der Waals surface area contributed by atoms with Crippen molar-refractivity contribution in [3.05, 3.63) is 69.6 Å². The van der Waals surface area contributed by atoms with Gasteiger partial charge in [-0.2, -0.15) is 0 Å². The van der Waals surface area contributed by atoms with E-state index in [1.54, 1.807) is 28.8 Å². The summed E-state index contributed by atoms with van der Waals surface area (Å²) in [4.78, 5) is 43.2. The van der Waals surface area contributed by atoms with E-state index in [4.69, 9.17) is 0 Å². The van der Waals surface area contributed by atoms with Gasteiger partial charge in [-0.25, -0.2) is 4.98 Å². The molecule has 7 nitrogen and oxygen atoms in total. The van der Waals surface area contributed by atoms with E-state index in [2.05, 4.69) is 15.6 Å². The van der Waals surface area contributed by atoms with Crippen molar-refractivity contribution >= 4 is 28.5 Å². The van der Waals surface area contributed by atoms with Crippen LogP contribution in [0.3, 0.4) is 0 Å². The summed E-state index contributed by atoms with van der Waals surface area (Å²) in [6.45, 7) is 3.78. The standard InChI is InChI=1S/C25H28N4O3/c1-16-8-11-19(12-9-16)28-25(32)21-14-29(15-22(30)27-18-6-4-3-5-7-18)24-20(23(21)31)13-10-17(2)26-24/h8-14,18H,3-7,15H2,1-2H3,(H,27,30)(H,28,32). The summed E-state index contributed by atoms with van der Waals surface area (Å²) in [5, 5.41) is 6.18. The smallest absolute Gasteiger partial charge is 0.261 e. The highest BCUT2D eigenvalue weighted by Crippen LogP contribution is 2.18. The van der Waals surface area contributed by atoms with E-state index in [0.29, 0.717) is 16.7 Å². The molecule has 1 aliphatic rings. The summed E-state index contributed by atoms with van der Waals surface area (Å²) in [7, 11) is 0. The van der Waals surface area contributed by atoms with Crippen molar-refractivity contribution in [3.8, 4) is 0 Å². The highest BCUT2D eigenvalue weighted by atomic mass is 16.2. The molecule has 0 aliphatic heterocycles. The predicted molar refractivity (Wildman–Crippen MR) is 125 cm³/mol. The van der Waals surface area contributed by atoms with Gasteiger partial charge < -0.3 is 15.2 Å². The maximum absolute atomic E-state index is 13.1. The number of anilines is 1. The number of fused-ring (bicyclic) bond motifs is 1. The molecule has 1 fully saturated rings. The Kier molecular flexibility index (Phi) is 6.35. The quantitative estimate of drug-likeness (QED) is 0.643. The number of aryl methyl sites for hydroxylation is 2. The number of hydrogen-bond acceptors (Lipinski definition) is 4. The molecule has 1 aromatic carbocycles. The number of benzene rings is 1. The van der Waals surface area contributed by atoms with E-state index in [9.17, 15) is 14.4 Å². The van der Waals surface area contributed by atoms with Crippen LogP contribution in [-0.2, 0) is 11.3 Å². The number of rotatable bonds is 5. The van der Waals surface area contributed by atoms with Gasteiger partial charge in [0.15, 0.2) is 0 Å². The lowest BCUT2D eigenvalue weighted by Crippen LogP contribution is -2.38. The van der Waals surface area contributed by atoms with Gasteiger partial charge in [-0.05, 0) is 51.0 Å². The molecule has 0 saturated heterocycles. The number of aromatic nitrogens is 2. The summed E-state index contributed by atoms with van der Waals surface area (Å²) < 4.78 is 1.60. The van der Waals surface area contributed by atoms with Crippen LogP contribution in [0.4, 0.5) is 5.69 Å². The van der Waals surface area contributed by atoms with E-state index in [-0.39, 0.29) is 24.1 Å². The summed E-state index contributed by atoms with van der Waals surface area (Å²) in [6, 6.07) is 10.9. The predicted octanol–water partition coefficient (Wildman–Crippen LogP) is 3.71. The third-order valence-electron chi connectivity index (χ3n) is 5.90. The number of hydrogen-bond donors (Lipinski definition) is 2. The molecular weight excluding hydrogens is 404 g/mol. The summed E-state index contributed by atoms with van der Waals surface area (Å²) in [5.41, 5.74) is 2.39. The molecule has 2 heterocycles. The maximum Gasteiger partial charge on any atom is 0.261 e. The Hall–Kier alpha value is -3.48. The Morgan fingerprint density at radius 3 is 2.47 bits per heavy atom. The molecule has 0 spiro atoms. The number of carbonyl (C=O) groups is 2. The van der Waals surface area contributed by atoms with Crippen LogP contribution in [0.2, 0.25) is 0 Å². The Morgan fingerprint density at radius 1 is 1.03 bits per heavy atom. The van der Waals surface area contributed by atoms with Crippen molar-refractivity contribution < 1.29 is 9.59 Å². The minimum Gasteiger partial charge on any atom is -0.352 e. The molecule has 4 rings (SSSR count). The molecule has 0 bridgehead atoms. The number of amides is 2. The first-order chi connectivity index (χ1) is 15.4. The molecule has 7 heteroatoms. The van der Waals surface area contributed by atoms with Gasteiger partial charge in [0.1, 0.15) is 17.8 Å². The van der Waals surface area contributed by atoms with Crippen LogP contribution in [0.15, 0.2) is 47.4 Å². The highest BCUT2D eigenvalue weighted by Gasteiger charge is 2.20. The third kappa shape index (κ3) is 4.88. The average molecular weight is 433 g/mol. The molecule has 0 radical (unpaired) electrons. The molecule has 2 N–H and O–H groups in total. The molecule has 1 saturated carbocycles. The van der Waals surface area contributed by atoms with E-state index < -0.39 is 11.3 Å². The summed E-state index contributed by atoms with van der Waals surface area (Å²) in [6.07, 6.45) is 6.86. The Morgan fingerprint density at radius 2 is 1.75 bits per heavy atom. The van der Waals surface area contributed by atoms with Crippen molar-refractivity contribution in [2.75, 3.05) is 5.32 Å². The van der Waals surface area contributed by atoms with Gasteiger partial charge in [0.2, 0.25) is 11.3 Å². The zero-order valence-corrected chi connectivity index (χ0v) is 18.5. The lowest BCUT2D eigenvalue weighted by atomic mass is 9.95. The second-order valence-corrected chi connectivity index (χ2v) is 8.55. The molecule has 2 aromatic heterocycles. The van der Waals surface area contributed by atoms with Gasteiger partial charge in [-0.15, -0.1) is 0 Å². The van der Waals surface area contributed by atoms with Crippen LogP contribution in [0.25, 0.3) is 11.0 Å². The van der Waals surface area contributed by atoms with Gasteiger partial charge in [0.25, 0.3) is 5.91 Å². The van der Waals surface area contributed by atoms with Crippen LogP contribution >= 0.6 is 0 Å². The van der Waals surface area contributed by atoms with Crippen LogP contribution in [-0.4, -0.2) is 27.4 Å². The summed E-state index contributed by atoms with van der Waals surface area (Å²) in [5.74, 6) is -0.655. The molecule has 1 aliphatic carbocycles. The fourth-order valence-corrected chi connectivity index (χ4v) is 4.15. The molecular formula is C25H28N4O3. The molecule has 32 heavy (non-hydrogen) atoms. The van der Waals surface area contributed by atoms with Crippen molar-refractivity contribution in [3.63, 3.8) is 0 Å². The summed E-state index contributed by atoms with van der Waals surface area (Å²) >= 11 is 0. The fraction of sp³-hybridized carbons (Fsp3) is 0.360. The van der Waals surface area contributed by atoms with E-state index in [1.165, 1.54) is 12.6 Å². The van der Waals surface area contributed by atoms with Crippen LogP contribution in [0.5, 0.6) is 0 Å². The van der Waals surface area contributed by atoms with Crippen LogP contribution < -0.4 is 16.1 Å². The lowest BCUT2D eigenvalue weighted by Gasteiger charge is -2.23. The monoisotopic (exact) mass is 432 g/mol. The first kappa shape index (κ1) is 21.7. The van der Waals surface area contributed by atoms with Gasteiger partial charge in [-0.3, -0.25) is 14.4 Å². The zero-order valence-electron chi connectivity index (χ0n) is 18.5. The Labute approximate surface area is 186 Å². The van der Waals surface area contributed by atoms with E-state index in [0.717, 1.165) is 36.9 Å². The second kappa shape index (κ2) is 9.34. The van der Waals surface area contributed by atoms with Crippen molar-refractivity contribution in [2.24, 2.45) is 0 Å². The third-order valence-corrected chi connectivity index (χ3v) is 5.90. The number of nitrogens with one attached hydrogen (secondary N) is 2. The average Bonchev–Trinajstić information content (AvgIpc) is 2.77. The lowest BCUT2D eigenvalue weighted by molar-refractivity contribution is -0.122. The van der Waals surface area contributed by atoms with Crippen molar-refractivity contribution in [1.82, 2.24) is 14.9 Å². The topological polar surface area (TPSA) is 93.1 Å². The second-order valence-electron chi connectivity index (χ2n) is 8.55. The SMILES string of the molecule is Cc1ccc(NC(=O)c2cn(CC(=O)NC3CCCCC3)c3nc(C)ccc3c2=O)cc1. The van der Waals surface area contributed by atoms with Crippen LogP contribution in [0.1, 0.15) is 53.7 Å². The van der Waals surface area contributed by atoms with Crippen molar-refractivity contribution in [2.45, 2.75) is 58.5 Å². The Balaban J connectivity index is 1.66. The van der Waals surface area contributed by atoms with E-state index in [1.807, 2.05) is 26.0 Å². The van der Waals surface area contributed by atoms with Crippen LogP contribution in [0, 0.1) is 13.8 Å². The highest BCUT2D eigenvalue weighted by molar-refractivity contribution is 6.05. The van der Waals surface area contributed by atoms with E-state index >= 15 is 0 Å². The number of pyridine rings is 2. The number of nitrogens with zero attached hydrogens (tertiary/aromatic N) is 2. The van der Waals surface area contributed by atoms with Gasteiger partial charge in [0.05, 0.1) is 5.39 Å². The maximum atomic E-state index is 13.1. The first-order valence-corrected chi connectivity index (χ1v) is 11.1. The molecule has 3 aromatic rings. The number of carbonyl (C=O) groups excluding carboxylic acids is 2. The van der Waals surface area contributed by atoms with Crippen molar-refractivity contribution in [1.29, 1.82) is 0 Å². The normalized spacial score (nSPS) is 14.3. The van der Waals surface area contributed by atoms with Gasteiger partial charge in [-0.1, -0.05) is 37.0 Å². The minimum atomic E-state index is -0.511. The molecule has 2 amide bonds. The minimum absolute atomic E-state index is 0.00541. The van der Waals surface area contributed by atoms with Gasteiger partial charge in [0, 0.05) is 23.6 Å². The van der Waals surface area contributed by atoms with Gasteiger partial charge >= 0.3 is 0 Å². The zero-order chi connectivity index (χ0) is 22.7. The largest absolute Gasteiger partial charge is 0.352 e. The molecule has 166 valence electrons. The molecule has 0 unspecified atom stereocenters. The Bertz CT molecular complexity index is 1210. The first-order valence-electron chi connectivity index (χ1n) is 11.1. The molecule has 0 atom stereocenters.